The lowest BCUT2D eigenvalue weighted by Gasteiger charge is -2.14. The maximum absolute atomic E-state index is 12.1. The van der Waals surface area contributed by atoms with E-state index in [0.717, 1.165) is 0 Å². The second-order valence-electron chi connectivity index (χ2n) is 4.36. The number of rotatable bonds is 4. The van der Waals surface area contributed by atoms with Gasteiger partial charge in [-0.2, -0.15) is 0 Å². The molecule has 0 spiro atoms. The van der Waals surface area contributed by atoms with Gasteiger partial charge < -0.3 is 10.1 Å². The number of benzene rings is 1. The number of hydrogen-bond donors (Lipinski definition) is 1. The number of amides is 1. The van der Waals surface area contributed by atoms with Crippen LogP contribution in [0.2, 0.25) is 0 Å². The summed E-state index contributed by atoms with van der Waals surface area (Å²) in [4.78, 5) is 16.1. The first-order valence-electron chi connectivity index (χ1n) is 6.14. The second-order valence-corrected chi connectivity index (χ2v) is 4.36. The fourth-order valence-electron chi connectivity index (χ4n) is 1.62. The minimum atomic E-state index is -0.179. The summed E-state index contributed by atoms with van der Waals surface area (Å²) in [7, 11) is 0. The van der Waals surface area contributed by atoms with Crippen molar-refractivity contribution < 1.29 is 9.53 Å². The normalized spacial score (nSPS) is 10.3. The molecule has 4 nitrogen and oxygen atoms in total. The summed E-state index contributed by atoms with van der Waals surface area (Å²) in [6, 6.07) is 10.8. The van der Waals surface area contributed by atoms with Crippen molar-refractivity contribution in [3.8, 4) is 5.75 Å². The largest absolute Gasteiger partial charge is 0.489 e. The third kappa shape index (κ3) is 3.55. The molecule has 1 heterocycles. The zero-order valence-electron chi connectivity index (χ0n) is 11.0. The molecule has 1 amide bonds. The molecule has 0 atom stereocenters. The molecule has 0 aliphatic heterocycles. The van der Waals surface area contributed by atoms with Gasteiger partial charge in [-0.05, 0) is 26.0 Å². The van der Waals surface area contributed by atoms with E-state index in [1.54, 1.807) is 30.6 Å². The van der Waals surface area contributed by atoms with E-state index < -0.39 is 0 Å². The third-order valence-electron chi connectivity index (χ3n) is 2.43. The highest BCUT2D eigenvalue weighted by atomic mass is 16.5. The molecule has 1 N–H and O–H groups in total. The van der Waals surface area contributed by atoms with Crippen LogP contribution in [0.1, 0.15) is 24.2 Å². The van der Waals surface area contributed by atoms with Crippen molar-refractivity contribution in [3.05, 3.63) is 54.4 Å². The van der Waals surface area contributed by atoms with Gasteiger partial charge in [0.15, 0.2) is 0 Å². The summed E-state index contributed by atoms with van der Waals surface area (Å²) in [5.41, 5.74) is 1.17. The Kier molecular flexibility index (Phi) is 4.13. The highest BCUT2D eigenvalue weighted by Gasteiger charge is 2.10. The van der Waals surface area contributed by atoms with Crippen molar-refractivity contribution >= 4 is 11.6 Å². The van der Waals surface area contributed by atoms with Crippen molar-refractivity contribution in [2.45, 2.75) is 20.0 Å². The Morgan fingerprint density at radius 2 is 1.95 bits per heavy atom. The number of nitrogens with one attached hydrogen (secondary N) is 1. The van der Waals surface area contributed by atoms with Crippen LogP contribution < -0.4 is 10.1 Å². The monoisotopic (exact) mass is 256 g/mol. The third-order valence-corrected chi connectivity index (χ3v) is 2.43. The Morgan fingerprint density at radius 3 is 2.63 bits per heavy atom. The fraction of sp³-hybridized carbons (Fsp3) is 0.200. The Labute approximate surface area is 112 Å². The second kappa shape index (κ2) is 6.00. The predicted molar refractivity (Wildman–Crippen MR) is 74.4 cm³/mol. The molecule has 0 saturated heterocycles. The van der Waals surface area contributed by atoms with Gasteiger partial charge in [-0.15, -0.1) is 0 Å². The molecular formula is C15H16N2O2. The highest BCUT2D eigenvalue weighted by molar-refractivity contribution is 6.04. The summed E-state index contributed by atoms with van der Waals surface area (Å²) in [6.07, 6.45) is 3.25. The summed E-state index contributed by atoms with van der Waals surface area (Å²) < 4.78 is 5.63. The van der Waals surface area contributed by atoms with E-state index in [9.17, 15) is 4.79 Å². The summed E-state index contributed by atoms with van der Waals surface area (Å²) in [5.74, 6) is 0.441. The number of aromatic nitrogens is 1. The first kappa shape index (κ1) is 13.1. The van der Waals surface area contributed by atoms with Crippen LogP contribution in [0.4, 0.5) is 5.69 Å². The van der Waals surface area contributed by atoms with Crippen molar-refractivity contribution in [2.24, 2.45) is 0 Å². The van der Waals surface area contributed by atoms with Crippen molar-refractivity contribution in [1.29, 1.82) is 0 Å². The molecule has 1 aromatic carbocycles. The number of hydrogen-bond acceptors (Lipinski definition) is 3. The smallest absolute Gasteiger partial charge is 0.255 e. The van der Waals surface area contributed by atoms with Crippen LogP contribution in [-0.2, 0) is 0 Å². The van der Waals surface area contributed by atoms with E-state index >= 15 is 0 Å². The van der Waals surface area contributed by atoms with E-state index in [2.05, 4.69) is 10.3 Å². The molecule has 2 rings (SSSR count). The van der Waals surface area contributed by atoms with Gasteiger partial charge in [0, 0.05) is 17.8 Å². The minimum absolute atomic E-state index is 0.0368. The lowest BCUT2D eigenvalue weighted by atomic mass is 10.2. The molecule has 1 aromatic heterocycles. The van der Waals surface area contributed by atoms with Crippen LogP contribution >= 0.6 is 0 Å². The molecule has 2 aromatic rings. The Balaban J connectivity index is 2.17. The zero-order chi connectivity index (χ0) is 13.7. The van der Waals surface area contributed by atoms with Crippen LogP contribution in [0.3, 0.4) is 0 Å². The fourth-order valence-corrected chi connectivity index (χ4v) is 1.62. The standard InChI is InChI=1S/C15H16N2O2/c1-11(2)19-14-8-9-16-10-13(14)17-15(18)12-6-4-3-5-7-12/h3-11H,1-2H3,(H,17,18). The van der Waals surface area contributed by atoms with Crippen molar-refractivity contribution in [3.63, 3.8) is 0 Å². The Hall–Kier alpha value is -2.36. The molecule has 98 valence electrons. The highest BCUT2D eigenvalue weighted by Crippen LogP contribution is 2.24. The van der Waals surface area contributed by atoms with Crippen LogP contribution in [0, 0.1) is 0 Å². The average molecular weight is 256 g/mol. The number of carbonyl (C=O) groups excluding carboxylic acids is 1. The average Bonchev–Trinajstić information content (AvgIpc) is 2.41. The van der Waals surface area contributed by atoms with Gasteiger partial charge in [0.1, 0.15) is 11.4 Å². The van der Waals surface area contributed by atoms with E-state index in [1.165, 1.54) is 0 Å². The zero-order valence-corrected chi connectivity index (χ0v) is 11.0. The van der Waals surface area contributed by atoms with Crippen LogP contribution in [-0.4, -0.2) is 17.0 Å². The molecular weight excluding hydrogens is 240 g/mol. The summed E-state index contributed by atoms with van der Waals surface area (Å²) in [5, 5.41) is 2.81. The number of ether oxygens (including phenoxy) is 1. The van der Waals surface area contributed by atoms with Gasteiger partial charge in [0.05, 0.1) is 12.3 Å². The number of carbonyl (C=O) groups is 1. The van der Waals surface area contributed by atoms with E-state index in [1.807, 2.05) is 32.0 Å². The molecule has 0 aliphatic carbocycles. The lowest BCUT2D eigenvalue weighted by Crippen LogP contribution is -2.14. The molecule has 0 unspecified atom stereocenters. The molecule has 4 heteroatoms. The quantitative estimate of drug-likeness (QED) is 0.914. The first-order chi connectivity index (χ1) is 9.16. The topological polar surface area (TPSA) is 51.2 Å². The SMILES string of the molecule is CC(C)Oc1ccncc1NC(=O)c1ccccc1. The number of anilines is 1. The van der Waals surface area contributed by atoms with Crippen LogP contribution in [0.15, 0.2) is 48.8 Å². The maximum Gasteiger partial charge on any atom is 0.255 e. The number of nitrogens with zero attached hydrogens (tertiary/aromatic N) is 1. The van der Waals surface area contributed by atoms with E-state index in [0.29, 0.717) is 17.0 Å². The molecule has 0 radical (unpaired) electrons. The Morgan fingerprint density at radius 1 is 1.21 bits per heavy atom. The van der Waals surface area contributed by atoms with Crippen LogP contribution in [0.5, 0.6) is 5.75 Å². The van der Waals surface area contributed by atoms with Crippen LogP contribution in [0.25, 0.3) is 0 Å². The predicted octanol–water partition coefficient (Wildman–Crippen LogP) is 3.12. The van der Waals surface area contributed by atoms with Gasteiger partial charge in [-0.1, -0.05) is 18.2 Å². The van der Waals surface area contributed by atoms with Gasteiger partial charge >= 0.3 is 0 Å². The van der Waals surface area contributed by atoms with E-state index in [-0.39, 0.29) is 12.0 Å². The van der Waals surface area contributed by atoms with Crippen molar-refractivity contribution in [2.75, 3.05) is 5.32 Å². The van der Waals surface area contributed by atoms with Gasteiger partial charge in [-0.3, -0.25) is 9.78 Å². The van der Waals surface area contributed by atoms with Gasteiger partial charge in [-0.25, -0.2) is 0 Å². The molecule has 0 fully saturated rings. The van der Waals surface area contributed by atoms with Gasteiger partial charge in [0.2, 0.25) is 0 Å². The molecule has 19 heavy (non-hydrogen) atoms. The molecule has 0 bridgehead atoms. The minimum Gasteiger partial charge on any atom is -0.489 e. The number of pyridine rings is 1. The summed E-state index contributed by atoms with van der Waals surface area (Å²) >= 11 is 0. The summed E-state index contributed by atoms with van der Waals surface area (Å²) in [6.45, 7) is 3.87. The lowest BCUT2D eigenvalue weighted by molar-refractivity contribution is 0.102. The first-order valence-corrected chi connectivity index (χ1v) is 6.14. The van der Waals surface area contributed by atoms with E-state index in [4.69, 9.17) is 4.74 Å². The van der Waals surface area contributed by atoms with Crippen molar-refractivity contribution in [1.82, 2.24) is 4.98 Å². The molecule has 0 saturated carbocycles. The molecule has 0 aliphatic rings. The van der Waals surface area contributed by atoms with Gasteiger partial charge in [0.25, 0.3) is 5.91 Å². The Bertz CT molecular complexity index is 553. The maximum atomic E-state index is 12.1.